The van der Waals surface area contributed by atoms with E-state index in [2.05, 4.69) is 33.4 Å². The van der Waals surface area contributed by atoms with E-state index in [-0.39, 0.29) is 23.1 Å². The minimum Gasteiger partial charge on any atom is -0.274 e. The summed E-state index contributed by atoms with van der Waals surface area (Å²) in [5.41, 5.74) is 1.04. The van der Waals surface area contributed by atoms with Crippen molar-refractivity contribution in [1.29, 1.82) is 0 Å². The Labute approximate surface area is 119 Å². The van der Waals surface area contributed by atoms with Gasteiger partial charge in [-0.2, -0.15) is 12.6 Å². The van der Waals surface area contributed by atoms with Crippen LogP contribution in [0.1, 0.15) is 41.5 Å². The van der Waals surface area contributed by atoms with Gasteiger partial charge in [-0.15, -0.1) is 0 Å². The first-order chi connectivity index (χ1) is 8.86. The van der Waals surface area contributed by atoms with Gasteiger partial charge in [0.2, 0.25) is 0 Å². The highest BCUT2D eigenvalue weighted by Gasteiger charge is 2.38. The molecule has 0 spiro atoms. The molecular formula is C15H19NO2S. The molecule has 4 heteroatoms. The van der Waals surface area contributed by atoms with Gasteiger partial charge < -0.3 is 0 Å². The number of nitrogens with zero attached hydrogens (tertiary/aromatic N) is 1. The maximum absolute atomic E-state index is 12.3. The van der Waals surface area contributed by atoms with Crippen LogP contribution < -0.4 is 0 Å². The summed E-state index contributed by atoms with van der Waals surface area (Å²) in [6.45, 7) is 6.74. The van der Waals surface area contributed by atoms with Crippen LogP contribution in [0.5, 0.6) is 0 Å². The molecule has 1 atom stereocenters. The van der Waals surface area contributed by atoms with Crippen LogP contribution >= 0.6 is 12.6 Å². The lowest BCUT2D eigenvalue weighted by molar-refractivity contribution is 0.0598. The van der Waals surface area contributed by atoms with Crippen molar-refractivity contribution in [1.82, 2.24) is 4.90 Å². The normalized spacial score (nSPS) is 16.7. The second-order valence-electron chi connectivity index (χ2n) is 6.01. The van der Waals surface area contributed by atoms with Crippen molar-refractivity contribution < 1.29 is 9.59 Å². The number of imide groups is 1. The molecule has 19 heavy (non-hydrogen) atoms. The third-order valence-electron chi connectivity index (χ3n) is 3.73. The Balaban J connectivity index is 2.25. The maximum atomic E-state index is 12.3. The van der Waals surface area contributed by atoms with Crippen LogP contribution in [-0.2, 0) is 0 Å². The summed E-state index contributed by atoms with van der Waals surface area (Å²) in [7, 11) is 0. The molecule has 0 fully saturated rings. The Morgan fingerprint density at radius 1 is 1.11 bits per heavy atom. The van der Waals surface area contributed by atoms with Crippen LogP contribution in [0.15, 0.2) is 24.3 Å². The molecule has 2 amide bonds. The molecule has 0 bridgehead atoms. The molecular weight excluding hydrogens is 258 g/mol. The third-order valence-corrected chi connectivity index (χ3v) is 4.17. The van der Waals surface area contributed by atoms with Crippen molar-refractivity contribution in [3.05, 3.63) is 35.4 Å². The van der Waals surface area contributed by atoms with Crippen molar-refractivity contribution in [3.8, 4) is 0 Å². The summed E-state index contributed by atoms with van der Waals surface area (Å²) in [5.74, 6) is 0.461. The molecule has 1 heterocycles. The monoisotopic (exact) mass is 277 g/mol. The fraction of sp³-hybridized carbons (Fsp3) is 0.467. The zero-order valence-electron chi connectivity index (χ0n) is 11.5. The molecule has 3 nitrogen and oxygen atoms in total. The Kier molecular flexibility index (Phi) is 3.72. The summed E-state index contributed by atoms with van der Waals surface area (Å²) in [6.07, 6.45) is 0. The van der Waals surface area contributed by atoms with Gasteiger partial charge in [-0.05, 0) is 29.2 Å². The van der Waals surface area contributed by atoms with Gasteiger partial charge in [0.25, 0.3) is 11.8 Å². The number of hydrogen-bond donors (Lipinski definition) is 1. The van der Waals surface area contributed by atoms with Crippen LogP contribution in [0.4, 0.5) is 0 Å². The first kappa shape index (κ1) is 14.1. The lowest BCUT2D eigenvalue weighted by Crippen LogP contribution is -2.39. The second kappa shape index (κ2) is 5.00. The number of carbonyl (C=O) groups is 2. The van der Waals surface area contributed by atoms with Gasteiger partial charge in [-0.1, -0.05) is 32.9 Å². The highest BCUT2D eigenvalue weighted by Crippen LogP contribution is 2.31. The van der Waals surface area contributed by atoms with Crippen molar-refractivity contribution in [2.75, 3.05) is 12.3 Å². The van der Waals surface area contributed by atoms with Crippen LogP contribution in [0.25, 0.3) is 0 Å². The average Bonchev–Trinajstić information content (AvgIpc) is 2.59. The fourth-order valence-corrected chi connectivity index (χ4v) is 2.89. The Bertz CT molecular complexity index is 484. The zero-order chi connectivity index (χ0) is 14.2. The molecule has 0 N–H and O–H groups in total. The number of amides is 2. The number of thiol groups is 1. The fourth-order valence-electron chi connectivity index (χ4n) is 2.23. The highest BCUT2D eigenvalue weighted by atomic mass is 32.1. The van der Waals surface area contributed by atoms with Crippen molar-refractivity contribution in [2.45, 2.75) is 20.8 Å². The predicted molar refractivity (Wildman–Crippen MR) is 78.6 cm³/mol. The van der Waals surface area contributed by atoms with Crippen molar-refractivity contribution >= 4 is 24.4 Å². The number of rotatable bonds is 3. The molecule has 0 aromatic heterocycles. The molecule has 0 radical (unpaired) electrons. The van der Waals surface area contributed by atoms with Gasteiger partial charge >= 0.3 is 0 Å². The molecule has 1 aliphatic rings. The summed E-state index contributed by atoms with van der Waals surface area (Å²) in [6, 6.07) is 6.99. The minimum atomic E-state index is -0.184. The van der Waals surface area contributed by atoms with E-state index in [0.717, 1.165) is 0 Å². The lowest BCUT2D eigenvalue weighted by atomic mass is 9.81. The smallest absolute Gasteiger partial charge is 0.261 e. The second-order valence-corrected chi connectivity index (χ2v) is 6.38. The van der Waals surface area contributed by atoms with E-state index >= 15 is 0 Å². The Hall–Kier alpha value is -1.29. The zero-order valence-corrected chi connectivity index (χ0v) is 12.4. The van der Waals surface area contributed by atoms with Crippen LogP contribution in [0.2, 0.25) is 0 Å². The van der Waals surface area contributed by atoms with E-state index in [1.165, 1.54) is 4.90 Å². The van der Waals surface area contributed by atoms with Crippen molar-refractivity contribution in [3.63, 3.8) is 0 Å². The van der Waals surface area contributed by atoms with Crippen LogP contribution in [0.3, 0.4) is 0 Å². The molecule has 0 aliphatic carbocycles. The SMILES string of the molecule is CC(C)(C)C(CS)CN1C(=O)c2ccccc2C1=O. The van der Waals surface area contributed by atoms with Gasteiger partial charge in [-0.25, -0.2) is 0 Å². The van der Waals surface area contributed by atoms with Gasteiger partial charge in [-0.3, -0.25) is 14.5 Å². The summed E-state index contributed by atoms with van der Waals surface area (Å²) in [4.78, 5) is 25.9. The largest absolute Gasteiger partial charge is 0.274 e. The van der Waals surface area contributed by atoms with Gasteiger partial charge in [0.1, 0.15) is 0 Å². The summed E-state index contributed by atoms with van der Waals surface area (Å²) >= 11 is 4.35. The van der Waals surface area contributed by atoms with Crippen LogP contribution in [-0.4, -0.2) is 29.0 Å². The maximum Gasteiger partial charge on any atom is 0.261 e. The molecule has 102 valence electrons. The molecule has 2 rings (SSSR count). The van der Waals surface area contributed by atoms with E-state index in [4.69, 9.17) is 0 Å². The molecule has 1 aromatic carbocycles. The summed E-state index contributed by atoms with van der Waals surface area (Å²) in [5, 5.41) is 0. The average molecular weight is 277 g/mol. The number of hydrogen-bond acceptors (Lipinski definition) is 3. The number of carbonyl (C=O) groups excluding carboxylic acids is 2. The Morgan fingerprint density at radius 2 is 1.58 bits per heavy atom. The van der Waals surface area contributed by atoms with Gasteiger partial charge in [0.05, 0.1) is 11.1 Å². The molecule has 1 unspecified atom stereocenters. The molecule has 0 saturated heterocycles. The quantitative estimate of drug-likeness (QED) is 0.681. The summed E-state index contributed by atoms with van der Waals surface area (Å²) < 4.78 is 0. The minimum absolute atomic E-state index is 0.0110. The standard InChI is InChI=1S/C15H19NO2S/c1-15(2,3)10(9-19)8-16-13(17)11-6-4-5-7-12(11)14(16)18/h4-7,10,19H,8-9H2,1-3H3. The number of benzene rings is 1. The van der Waals surface area contributed by atoms with E-state index in [1.807, 2.05) is 0 Å². The van der Waals surface area contributed by atoms with Crippen LogP contribution in [0, 0.1) is 11.3 Å². The topological polar surface area (TPSA) is 37.4 Å². The van der Waals surface area contributed by atoms with E-state index in [9.17, 15) is 9.59 Å². The molecule has 1 aromatic rings. The third kappa shape index (κ3) is 2.54. The predicted octanol–water partition coefficient (Wildman–Crippen LogP) is 2.87. The molecule has 0 saturated carbocycles. The van der Waals surface area contributed by atoms with Gasteiger partial charge in [0, 0.05) is 6.54 Å². The Morgan fingerprint density at radius 3 is 1.95 bits per heavy atom. The number of fused-ring (bicyclic) bond motifs is 1. The van der Waals surface area contributed by atoms with Gasteiger partial charge in [0.15, 0.2) is 0 Å². The first-order valence-electron chi connectivity index (χ1n) is 6.42. The van der Waals surface area contributed by atoms with E-state index in [0.29, 0.717) is 23.4 Å². The highest BCUT2D eigenvalue weighted by molar-refractivity contribution is 7.80. The van der Waals surface area contributed by atoms with E-state index in [1.54, 1.807) is 24.3 Å². The van der Waals surface area contributed by atoms with Crippen molar-refractivity contribution in [2.24, 2.45) is 11.3 Å². The lowest BCUT2D eigenvalue weighted by Gasteiger charge is -2.32. The van der Waals surface area contributed by atoms with E-state index < -0.39 is 0 Å². The molecule has 1 aliphatic heterocycles. The first-order valence-corrected chi connectivity index (χ1v) is 7.05.